The fraction of sp³-hybridized carbons (Fsp3) is 0.609. The van der Waals surface area contributed by atoms with Crippen LogP contribution in [0.3, 0.4) is 0 Å². The van der Waals surface area contributed by atoms with Gasteiger partial charge in [0.2, 0.25) is 11.7 Å². The van der Waals surface area contributed by atoms with Crippen molar-refractivity contribution >= 4 is 17.6 Å². The van der Waals surface area contributed by atoms with Crippen molar-refractivity contribution in [3.8, 4) is 5.75 Å². The van der Waals surface area contributed by atoms with Gasteiger partial charge < -0.3 is 30.7 Å². The van der Waals surface area contributed by atoms with E-state index in [0.29, 0.717) is 12.4 Å². The molecule has 1 atom stereocenters. The molecule has 0 unspecified atom stereocenters. The second-order valence-corrected chi connectivity index (χ2v) is 8.82. The van der Waals surface area contributed by atoms with Crippen molar-refractivity contribution in [1.29, 1.82) is 0 Å². The van der Waals surface area contributed by atoms with Gasteiger partial charge in [0.15, 0.2) is 5.60 Å². The average Bonchev–Trinajstić information content (AvgIpc) is 2.81. The van der Waals surface area contributed by atoms with Crippen LogP contribution >= 0.6 is 0 Å². The molecule has 0 aromatic heterocycles. The Morgan fingerprint density at radius 3 is 2.39 bits per heavy atom. The van der Waals surface area contributed by atoms with E-state index in [-0.39, 0.29) is 19.4 Å². The third-order valence-electron chi connectivity index (χ3n) is 6.05. The van der Waals surface area contributed by atoms with E-state index in [9.17, 15) is 24.6 Å². The van der Waals surface area contributed by atoms with E-state index in [4.69, 9.17) is 15.2 Å². The number of ether oxygens (including phenoxy) is 2. The van der Waals surface area contributed by atoms with Gasteiger partial charge in [-0.15, -0.1) is 0 Å². The number of ketones is 1. The van der Waals surface area contributed by atoms with Gasteiger partial charge in [-0.3, -0.25) is 19.3 Å². The lowest BCUT2D eigenvalue weighted by Crippen LogP contribution is -2.56. The zero-order valence-corrected chi connectivity index (χ0v) is 19.3. The van der Waals surface area contributed by atoms with Gasteiger partial charge in [-0.2, -0.15) is 0 Å². The van der Waals surface area contributed by atoms with E-state index >= 15 is 0 Å². The maximum Gasteiger partial charge on any atom is 0.287 e. The first kappa shape index (κ1) is 26.7. The zero-order valence-electron chi connectivity index (χ0n) is 19.3. The fourth-order valence-electron chi connectivity index (χ4n) is 3.44. The maximum absolute atomic E-state index is 12.2. The quantitative estimate of drug-likeness (QED) is 0.287. The molecule has 1 heterocycles. The van der Waals surface area contributed by atoms with Crippen LogP contribution in [-0.4, -0.2) is 84.4 Å². The molecule has 1 aliphatic rings. The molecule has 0 saturated carbocycles. The van der Waals surface area contributed by atoms with E-state index in [1.54, 1.807) is 24.3 Å². The van der Waals surface area contributed by atoms with Gasteiger partial charge in [-0.25, -0.2) is 0 Å². The van der Waals surface area contributed by atoms with Gasteiger partial charge in [0.25, 0.3) is 5.91 Å². The molecule has 0 spiro atoms. The SMILES string of the molecule is CC(C)(CO)[C@](O)(CCC(=O)C(=O)NCc1ccc(OCCN2CCOCC2)cc1)C(N)=O. The first-order valence-corrected chi connectivity index (χ1v) is 11.0. The first-order chi connectivity index (χ1) is 15.6. The molecular weight excluding hydrogens is 430 g/mol. The normalized spacial score (nSPS) is 16.6. The lowest BCUT2D eigenvalue weighted by atomic mass is 9.72. The van der Waals surface area contributed by atoms with Crippen LogP contribution in [0.2, 0.25) is 0 Å². The van der Waals surface area contributed by atoms with Crippen LogP contribution in [0, 0.1) is 5.41 Å². The number of carbonyl (C=O) groups is 3. The molecule has 184 valence electrons. The number of benzene rings is 1. The molecule has 2 amide bonds. The van der Waals surface area contributed by atoms with Gasteiger partial charge in [-0.1, -0.05) is 26.0 Å². The van der Waals surface area contributed by atoms with Crippen LogP contribution in [0.25, 0.3) is 0 Å². The number of primary amides is 1. The molecule has 5 N–H and O–H groups in total. The number of nitrogens with one attached hydrogen (secondary N) is 1. The highest BCUT2D eigenvalue weighted by Crippen LogP contribution is 2.34. The summed E-state index contributed by atoms with van der Waals surface area (Å²) < 4.78 is 11.1. The number of amides is 2. The second kappa shape index (κ2) is 12.1. The molecule has 10 nitrogen and oxygen atoms in total. The van der Waals surface area contributed by atoms with E-state index in [1.807, 2.05) is 0 Å². The Balaban J connectivity index is 1.76. The van der Waals surface area contributed by atoms with E-state index < -0.39 is 35.2 Å². The van der Waals surface area contributed by atoms with Crippen LogP contribution in [-0.2, 0) is 25.7 Å². The second-order valence-electron chi connectivity index (χ2n) is 8.82. The summed E-state index contributed by atoms with van der Waals surface area (Å²) in [6.45, 7) is 7.23. The van der Waals surface area contributed by atoms with Crippen molar-refractivity contribution in [1.82, 2.24) is 10.2 Å². The summed E-state index contributed by atoms with van der Waals surface area (Å²) in [4.78, 5) is 38.3. The van der Waals surface area contributed by atoms with Crippen molar-refractivity contribution in [2.75, 3.05) is 46.1 Å². The summed E-state index contributed by atoms with van der Waals surface area (Å²) >= 11 is 0. The molecule has 1 aliphatic heterocycles. The third-order valence-corrected chi connectivity index (χ3v) is 6.05. The Kier molecular flexibility index (Phi) is 9.78. The van der Waals surface area contributed by atoms with Gasteiger partial charge in [0.1, 0.15) is 12.4 Å². The largest absolute Gasteiger partial charge is 0.492 e. The zero-order chi connectivity index (χ0) is 24.5. The summed E-state index contributed by atoms with van der Waals surface area (Å²) in [5.41, 5.74) is 2.69. The number of carbonyl (C=O) groups excluding carboxylic acids is 3. The number of hydrogen-bond donors (Lipinski definition) is 4. The minimum atomic E-state index is -2.12. The number of rotatable bonds is 13. The summed E-state index contributed by atoms with van der Waals surface area (Å²) in [7, 11) is 0. The fourth-order valence-corrected chi connectivity index (χ4v) is 3.44. The third kappa shape index (κ3) is 7.50. The summed E-state index contributed by atoms with van der Waals surface area (Å²) in [5, 5.41) is 22.5. The number of nitrogens with zero attached hydrogens (tertiary/aromatic N) is 1. The monoisotopic (exact) mass is 465 g/mol. The molecule has 1 aromatic carbocycles. The highest BCUT2D eigenvalue weighted by Gasteiger charge is 2.48. The van der Waals surface area contributed by atoms with E-state index in [0.717, 1.165) is 38.4 Å². The van der Waals surface area contributed by atoms with Crippen molar-refractivity contribution in [3.05, 3.63) is 29.8 Å². The minimum absolute atomic E-state index is 0.140. The number of Topliss-reactive ketones (excluding diaryl/α,β-unsaturated/α-hetero) is 1. The van der Waals surface area contributed by atoms with Gasteiger partial charge in [0, 0.05) is 38.0 Å². The predicted molar refractivity (Wildman–Crippen MR) is 120 cm³/mol. The summed E-state index contributed by atoms with van der Waals surface area (Å²) in [5.74, 6) is -1.95. The van der Waals surface area contributed by atoms with Crippen LogP contribution < -0.4 is 15.8 Å². The smallest absolute Gasteiger partial charge is 0.287 e. The maximum atomic E-state index is 12.2. The van der Waals surface area contributed by atoms with Crippen molar-refractivity contribution in [3.63, 3.8) is 0 Å². The number of hydrogen-bond acceptors (Lipinski definition) is 8. The molecule has 2 rings (SSSR count). The van der Waals surface area contributed by atoms with Crippen LogP contribution in [0.4, 0.5) is 0 Å². The molecular formula is C23H35N3O7. The number of aliphatic hydroxyl groups is 2. The first-order valence-electron chi connectivity index (χ1n) is 11.0. The van der Waals surface area contributed by atoms with Crippen LogP contribution in [0.5, 0.6) is 5.75 Å². The molecule has 1 saturated heterocycles. The van der Waals surface area contributed by atoms with E-state index in [1.165, 1.54) is 13.8 Å². The Bertz CT molecular complexity index is 807. The molecule has 1 fully saturated rings. The van der Waals surface area contributed by atoms with Crippen molar-refractivity contribution in [2.24, 2.45) is 11.1 Å². The Labute approximate surface area is 194 Å². The molecule has 10 heteroatoms. The standard InChI is InChI=1S/C23H35N3O7/c1-22(2,16-27)23(31,21(24)30)8-7-19(28)20(29)25-15-17-3-5-18(6-4-17)33-14-11-26-9-12-32-13-10-26/h3-6,27,31H,7-16H2,1-2H3,(H2,24,30)(H,25,29)/t23-/m0/s1. The number of aliphatic hydroxyl groups excluding tert-OH is 1. The number of morpholine rings is 1. The highest BCUT2D eigenvalue weighted by molar-refractivity contribution is 6.36. The number of nitrogens with two attached hydrogens (primary N) is 1. The van der Waals surface area contributed by atoms with Gasteiger partial charge >= 0.3 is 0 Å². The molecule has 0 bridgehead atoms. The Hall–Kier alpha value is -2.53. The Morgan fingerprint density at radius 1 is 1.18 bits per heavy atom. The summed E-state index contributed by atoms with van der Waals surface area (Å²) in [6, 6.07) is 7.19. The molecule has 0 radical (unpaired) electrons. The molecule has 0 aliphatic carbocycles. The topological polar surface area (TPSA) is 151 Å². The molecule has 33 heavy (non-hydrogen) atoms. The van der Waals surface area contributed by atoms with Crippen molar-refractivity contribution < 1.29 is 34.1 Å². The van der Waals surface area contributed by atoms with E-state index in [2.05, 4.69) is 10.2 Å². The lowest BCUT2D eigenvalue weighted by molar-refractivity contribution is -0.157. The molecule has 1 aromatic rings. The lowest BCUT2D eigenvalue weighted by Gasteiger charge is -2.38. The van der Waals surface area contributed by atoms with Crippen molar-refractivity contribution in [2.45, 2.75) is 38.8 Å². The Morgan fingerprint density at radius 2 is 1.82 bits per heavy atom. The summed E-state index contributed by atoms with van der Waals surface area (Å²) in [6.07, 6.45) is -0.747. The van der Waals surface area contributed by atoms with Crippen LogP contribution in [0.15, 0.2) is 24.3 Å². The van der Waals surface area contributed by atoms with Gasteiger partial charge in [0.05, 0.1) is 19.8 Å². The predicted octanol–water partition coefficient (Wildman–Crippen LogP) is -0.402. The average molecular weight is 466 g/mol. The van der Waals surface area contributed by atoms with Gasteiger partial charge in [-0.05, 0) is 24.1 Å². The van der Waals surface area contributed by atoms with Crippen LogP contribution in [0.1, 0.15) is 32.3 Å². The highest BCUT2D eigenvalue weighted by atomic mass is 16.5. The minimum Gasteiger partial charge on any atom is -0.492 e.